The molecular formula is C9H15BrO. The topological polar surface area (TPSA) is 9.23 Å². The molecule has 1 atom stereocenters. The van der Waals surface area contributed by atoms with Gasteiger partial charge in [0.05, 0.1) is 13.2 Å². The fraction of sp³-hybridized carbons (Fsp3) is 1.00. The van der Waals surface area contributed by atoms with Crippen LogP contribution in [0.25, 0.3) is 0 Å². The lowest BCUT2D eigenvalue weighted by molar-refractivity contribution is 0.124. The molecule has 0 amide bonds. The van der Waals surface area contributed by atoms with E-state index >= 15 is 0 Å². The van der Waals surface area contributed by atoms with Crippen LogP contribution in [0, 0.1) is 5.41 Å². The Kier molecular flexibility index (Phi) is 2.24. The van der Waals surface area contributed by atoms with Crippen LogP contribution in [0.15, 0.2) is 0 Å². The number of ether oxygens (including phenoxy) is 1. The van der Waals surface area contributed by atoms with Crippen molar-refractivity contribution in [2.24, 2.45) is 5.41 Å². The van der Waals surface area contributed by atoms with E-state index in [1.807, 2.05) is 0 Å². The first kappa shape index (κ1) is 8.06. The van der Waals surface area contributed by atoms with Gasteiger partial charge in [0.25, 0.3) is 0 Å². The summed E-state index contributed by atoms with van der Waals surface area (Å²) >= 11 is 3.73. The summed E-state index contributed by atoms with van der Waals surface area (Å²) in [6.07, 6.45) is 7.00. The summed E-state index contributed by atoms with van der Waals surface area (Å²) in [5, 5.41) is 0. The van der Waals surface area contributed by atoms with Gasteiger partial charge in [-0.25, -0.2) is 0 Å². The van der Waals surface area contributed by atoms with E-state index in [1.54, 1.807) is 0 Å². The second-order valence-corrected chi connectivity index (χ2v) is 5.01. The Morgan fingerprint density at radius 2 is 1.91 bits per heavy atom. The molecule has 1 aliphatic carbocycles. The van der Waals surface area contributed by atoms with E-state index in [4.69, 9.17) is 4.74 Å². The van der Waals surface area contributed by atoms with Gasteiger partial charge in [-0.15, -0.1) is 0 Å². The van der Waals surface area contributed by atoms with Crippen molar-refractivity contribution in [2.75, 3.05) is 13.2 Å². The highest BCUT2D eigenvalue weighted by Crippen LogP contribution is 2.45. The number of hydrogen-bond donors (Lipinski definition) is 0. The number of alkyl halides is 1. The lowest BCUT2D eigenvalue weighted by atomic mass is 9.74. The molecule has 1 heterocycles. The first-order valence-electron chi connectivity index (χ1n) is 4.55. The van der Waals surface area contributed by atoms with Crippen LogP contribution >= 0.6 is 15.9 Å². The predicted molar refractivity (Wildman–Crippen MR) is 49.1 cm³/mol. The van der Waals surface area contributed by atoms with Crippen molar-refractivity contribution in [2.45, 2.75) is 36.9 Å². The van der Waals surface area contributed by atoms with Crippen LogP contribution in [0.5, 0.6) is 0 Å². The van der Waals surface area contributed by atoms with Gasteiger partial charge in [0.2, 0.25) is 0 Å². The molecule has 2 rings (SSSR count). The van der Waals surface area contributed by atoms with Crippen molar-refractivity contribution in [1.82, 2.24) is 0 Å². The normalized spacial score (nSPS) is 36.3. The van der Waals surface area contributed by atoms with Gasteiger partial charge < -0.3 is 4.74 Å². The predicted octanol–water partition coefficient (Wildman–Crippen LogP) is 2.73. The van der Waals surface area contributed by atoms with Crippen molar-refractivity contribution < 1.29 is 4.74 Å². The quantitative estimate of drug-likeness (QED) is 0.569. The molecule has 1 saturated carbocycles. The summed E-state index contributed by atoms with van der Waals surface area (Å²) < 4.78 is 5.50. The molecule has 1 unspecified atom stereocenters. The molecule has 1 aliphatic heterocycles. The van der Waals surface area contributed by atoms with Crippen LogP contribution in [0.2, 0.25) is 0 Å². The zero-order valence-electron chi connectivity index (χ0n) is 6.81. The molecule has 0 aromatic heterocycles. The monoisotopic (exact) mass is 218 g/mol. The van der Waals surface area contributed by atoms with Gasteiger partial charge in [0, 0.05) is 10.2 Å². The van der Waals surface area contributed by atoms with Crippen LogP contribution in [-0.2, 0) is 4.74 Å². The molecule has 2 aliphatic rings. The zero-order chi connectivity index (χ0) is 7.73. The van der Waals surface area contributed by atoms with Crippen molar-refractivity contribution in [3.8, 4) is 0 Å². The summed E-state index contributed by atoms with van der Waals surface area (Å²) in [6.45, 7) is 1.93. The Balaban J connectivity index is 2.06. The highest BCUT2D eigenvalue weighted by Gasteiger charge is 2.42. The van der Waals surface area contributed by atoms with Crippen molar-refractivity contribution in [1.29, 1.82) is 0 Å². The third-order valence-corrected chi connectivity index (χ3v) is 4.40. The Bertz CT molecular complexity index is 140. The highest BCUT2D eigenvalue weighted by molar-refractivity contribution is 9.09. The van der Waals surface area contributed by atoms with Crippen LogP contribution in [0.4, 0.5) is 0 Å². The van der Waals surface area contributed by atoms with Gasteiger partial charge in [0.15, 0.2) is 0 Å². The summed E-state index contributed by atoms with van der Waals surface area (Å²) in [4.78, 5) is 0.635. The molecular weight excluding hydrogens is 204 g/mol. The molecule has 0 aromatic carbocycles. The second-order valence-electron chi connectivity index (χ2n) is 3.91. The lowest BCUT2D eigenvalue weighted by Crippen LogP contribution is -2.32. The number of rotatable bonds is 0. The largest absolute Gasteiger partial charge is 0.380 e. The first-order valence-corrected chi connectivity index (χ1v) is 5.47. The van der Waals surface area contributed by atoms with E-state index < -0.39 is 0 Å². The van der Waals surface area contributed by atoms with Crippen molar-refractivity contribution in [3.63, 3.8) is 0 Å². The van der Waals surface area contributed by atoms with E-state index in [0.717, 1.165) is 13.2 Å². The molecule has 1 spiro atoms. The second kappa shape index (κ2) is 3.06. The lowest BCUT2D eigenvalue weighted by Gasteiger charge is -2.34. The van der Waals surface area contributed by atoms with E-state index in [0.29, 0.717) is 10.2 Å². The molecule has 2 heteroatoms. The van der Waals surface area contributed by atoms with Gasteiger partial charge in [-0.1, -0.05) is 35.2 Å². The first-order chi connectivity index (χ1) is 5.33. The maximum atomic E-state index is 5.50. The van der Waals surface area contributed by atoms with E-state index in [-0.39, 0.29) is 0 Å². The summed E-state index contributed by atoms with van der Waals surface area (Å²) in [6, 6.07) is 0. The minimum atomic E-state index is 0.526. The van der Waals surface area contributed by atoms with Crippen LogP contribution < -0.4 is 0 Å². The summed E-state index contributed by atoms with van der Waals surface area (Å²) in [5.74, 6) is 0. The van der Waals surface area contributed by atoms with Gasteiger partial charge in [-0.05, 0) is 12.8 Å². The van der Waals surface area contributed by atoms with Crippen LogP contribution in [0.3, 0.4) is 0 Å². The standard InChI is InChI=1S/C9H15BrO/c10-8-6-11-7-9(8)4-2-1-3-5-9/h8H,1-7H2. The maximum absolute atomic E-state index is 5.50. The van der Waals surface area contributed by atoms with Crippen LogP contribution in [0.1, 0.15) is 32.1 Å². The molecule has 2 fully saturated rings. The summed E-state index contributed by atoms with van der Waals surface area (Å²) in [5.41, 5.74) is 0.526. The number of hydrogen-bond acceptors (Lipinski definition) is 1. The maximum Gasteiger partial charge on any atom is 0.0597 e. The molecule has 0 N–H and O–H groups in total. The fourth-order valence-corrected chi connectivity index (χ4v) is 3.12. The third-order valence-electron chi connectivity index (χ3n) is 3.17. The summed E-state index contributed by atoms with van der Waals surface area (Å²) in [7, 11) is 0. The van der Waals surface area contributed by atoms with E-state index in [1.165, 1.54) is 32.1 Å². The smallest absolute Gasteiger partial charge is 0.0597 e. The molecule has 64 valence electrons. The minimum Gasteiger partial charge on any atom is -0.380 e. The molecule has 1 saturated heterocycles. The molecule has 0 aromatic rings. The minimum absolute atomic E-state index is 0.526. The average molecular weight is 219 g/mol. The highest BCUT2D eigenvalue weighted by atomic mass is 79.9. The Morgan fingerprint density at radius 3 is 2.45 bits per heavy atom. The number of halogens is 1. The van der Waals surface area contributed by atoms with E-state index in [2.05, 4.69) is 15.9 Å². The fourth-order valence-electron chi connectivity index (χ4n) is 2.35. The SMILES string of the molecule is BrC1COCC12CCCCC2. The zero-order valence-corrected chi connectivity index (χ0v) is 8.40. The third kappa shape index (κ3) is 1.35. The molecule has 11 heavy (non-hydrogen) atoms. The van der Waals surface area contributed by atoms with Crippen LogP contribution in [-0.4, -0.2) is 18.0 Å². The van der Waals surface area contributed by atoms with Gasteiger partial charge in [-0.2, -0.15) is 0 Å². The Labute approximate surface area is 76.6 Å². The van der Waals surface area contributed by atoms with Crippen molar-refractivity contribution >= 4 is 15.9 Å². The van der Waals surface area contributed by atoms with Crippen molar-refractivity contribution in [3.05, 3.63) is 0 Å². The van der Waals surface area contributed by atoms with Gasteiger partial charge in [0.1, 0.15) is 0 Å². The molecule has 1 nitrogen and oxygen atoms in total. The molecule has 0 radical (unpaired) electrons. The van der Waals surface area contributed by atoms with Gasteiger partial charge >= 0.3 is 0 Å². The van der Waals surface area contributed by atoms with Gasteiger partial charge in [-0.3, -0.25) is 0 Å². The molecule has 0 bridgehead atoms. The average Bonchev–Trinajstić information content (AvgIpc) is 2.36. The van der Waals surface area contributed by atoms with E-state index in [9.17, 15) is 0 Å². The Morgan fingerprint density at radius 1 is 1.18 bits per heavy atom. The Hall–Kier alpha value is 0.440.